The zero-order valence-corrected chi connectivity index (χ0v) is 16.7. The van der Waals surface area contributed by atoms with E-state index in [2.05, 4.69) is 4.99 Å². The van der Waals surface area contributed by atoms with Crippen LogP contribution in [0.4, 0.5) is 5.69 Å². The highest BCUT2D eigenvalue weighted by molar-refractivity contribution is 8.18. The predicted octanol–water partition coefficient (Wildman–Crippen LogP) is 3.87. The smallest absolute Gasteiger partial charge is 0.344 e. The summed E-state index contributed by atoms with van der Waals surface area (Å²) >= 11 is 1.24. The van der Waals surface area contributed by atoms with Gasteiger partial charge < -0.3 is 14.9 Å². The number of aliphatic carboxylic acids is 1. The molecule has 29 heavy (non-hydrogen) atoms. The van der Waals surface area contributed by atoms with E-state index in [4.69, 9.17) is 9.84 Å². The highest BCUT2D eigenvalue weighted by Gasteiger charge is 2.32. The number of aromatic hydroxyl groups is 1. The summed E-state index contributed by atoms with van der Waals surface area (Å²) in [6.07, 6.45) is 0.746. The van der Waals surface area contributed by atoms with Crippen LogP contribution in [0.15, 0.2) is 58.4 Å². The van der Waals surface area contributed by atoms with E-state index in [1.54, 1.807) is 53.4 Å². The van der Waals surface area contributed by atoms with Gasteiger partial charge in [-0.15, -0.1) is 0 Å². The number of ether oxygens (including phenoxy) is 1. The van der Waals surface area contributed by atoms with Crippen LogP contribution >= 0.6 is 11.8 Å². The number of carbonyl (C=O) groups excluding carboxylic acids is 1. The van der Waals surface area contributed by atoms with Gasteiger partial charge in [-0.25, -0.2) is 9.79 Å². The zero-order chi connectivity index (χ0) is 21.0. The molecule has 1 aliphatic heterocycles. The number of thioether (sulfide) groups is 1. The molecule has 150 valence electrons. The Morgan fingerprint density at radius 1 is 1.28 bits per heavy atom. The summed E-state index contributed by atoms with van der Waals surface area (Å²) in [5.74, 6) is -0.707. The summed E-state index contributed by atoms with van der Waals surface area (Å²) in [4.78, 5) is 30.3. The maximum Gasteiger partial charge on any atom is 0.344 e. The number of benzene rings is 2. The molecule has 0 radical (unpaired) electrons. The van der Waals surface area contributed by atoms with Crippen molar-refractivity contribution in [3.63, 3.8) is 0 Å². The molecule has 2 aromatic rings. The van der Waals surface area contributed by atoms with E-state index in [-0.39, 0.29) is 11.7 Å². The van der Waals surface area contributed by atoms with Gasteiger partial charge in [0, 0.05) is 12.6 Å². The van der Waals surface area contributed by atoms with Crippen LogP contribution in [-0.4, -0.2) is 44.8 Å². The highest BCUT2D eigenvalue weighted by Crippen LogP contribution is 2.34. The first-order valence-electron chi connectivity index (χ1n) is 8.96. The first-order chi connectivity index (χ1) is 13.9. The molecular formula is C21H20N2O5S. The summed E-state index contributed by atoms with van der Waals surface area (Å²) in [5.41, 5.74) is 1.27. The third-order valence-corrected chi connectivity index (χ3v) is 5.08. The molecule has 1 unspecified atom stereocenters. The average Bonchev–Trinajstić information content (AvgIpc) is 2.96. The fourth-order valence-corrected chi connectivity index (χ4v) is 3.69. The minimum atomic E-state index is -1.05. The highest BCUT2D eigenvalue weighted by atomic mass is 32.2. The number of rotatable bonds is 6. The lowest BCUT2D eigenvalue weighted by Crippen LogP contribution is -2.28. The van der Waals surface area contributed by atoms with Crippen LogP contribution in [0.3, 0.4) is 0 Å². The molecule has 2 N–H and O–H groups in total. The summed E-state index contributed by atoms with van der Waals surface area (Å²) in [5, 5.41) is 19.1. The Balaban J connectivity index is 1.86. The van der Waals surface area contributed by atoms with Crippen molar-refractivity contribution in [3.8, 4) is 11.5 Å². The Kier molecular flexibility index (Phi) is 6.23. The second-order valence-electron chi connectivity index (χ2n) is 6.25. The lowest BCUT2D eigenvalue weighted by atomic mass is 10.2. The molecule has 1 fully saturated rings. The Hall–Kier alpha value is -3.26. The molecule has 1 aliphatic rings. The van der Waals surface area contributed by atoms with E-state index in [0.29, 0.717) is 33.6 Å². The van der Waals surface area contributed by atoms with E-state index < -0.39 is 12.1 Å². The third-order valence-electron chi connectivity index (χ3n) is 4.08. The predicted molar refractivity (Wildman–Crippen MR) is 112 cm³/mol. The van der Waals surface area contributed by atoms with Crippen LogP contribution in [0.1, 0.15) is 19.4 Å². The van der Waals surface area contributed by atoms with E-state index in [9.17, 15) is 14.7 Å². The quantitative estimate of drug-likeness (QED) is 0.699. The summed E-state index contributed by atoms with van der Waals surface area (Å²) in [6, 6.07) is 13.4. The van der Waals surface area contributed by atoms with Crippen LogP contribution in [-0.2, 0) is 9.59 Å². The average molecular weight is 412 g/mol. The van der Waals surface area contributed by atoms with Crippen molar-refractivity contribution in [1.82, 2.24) is 4.90 Å². The van der Waals surface area contributed by atoms with Gasteiger partial charge >= 0.3 is 5.97 Å². The molecule has 1 heterocycles. The summed E-state index contributed by atoms with van der Waals surface area (Å²) in [7, 11) is 0. The van der Waals surface area contributed by atoms with Crippen LogP contribution in [0.2, 0.25) is 0 Å². The van der Waals surface area contributed by atoms with Gasteiger partial charge in [-0.2, -0.15) is 0 Å². The standard InChI is InChI=1S/C21H20N2O5S/c1-3-23-19(25)18(29-21(23)22-15-7-5-8-16(24)12-15)11-14-6-4-9-17(10-14)28-13(2)20(26)27/h4-13,24H,3H2,1-2H3,(H,26,27)/b18-11-,22-21?. The molecule has 0 saturated carbocycles. The van der Waals surface area contributed by atoms with Crippen LogP contribution < -0.4 is 4.74 Å². The number of phenolic OH excluding ortho intramolecular Hbond substituents is 1. The lowest BCUT2D eigenvalue weighted by Gasteiger charge is -2.12. The van der Waals surface area contributed by atoms with Crippen LogP contribution in [0.5, 0.6) is 11.5 Å². The number of likely N-dealkylation sites (N-methyl/N-ethyl adjacent to an activating group) is 1. The molecule has 3 rings (SSSR count). The number of amides is 1. The molecule has 1 saturated heterocycles. The number of aliphatic imine (C=N–C) groups is 1. The van der Waals surface area contributed by atoms with Crippen molar-refractivity contribution in [2.24, 2.45) is 4.99 Å². The topological polar surface area (TPSA) is 99.4 Å². The van der Waals surface area contributed by atoms with Crippen molar-refractivity contribution in [1.29, 1.82) is 0 Å². The molecule has 2 aromatic carbocycles. The van der Waals surface area contributed by atoms with Crippen molar-refractivity contribution >= 4 is 40.6 Å². The van der Waals surface area contributed by atoms with E-state index in [0.717, 1.165) is 0 Å². The Morgan fingerprint density at radius 2 is 2.03 bits per heavy atom. The zero-order valence-electron chi connectivity index (χ0n) is 15.9. The number of carboxylic acids is 1. The lowest BCUT2D eigenvalue weighted by molar-refractivity contribution is -0.144. The number of hydrogen-bond acceptors (Lipinski definition) is 6. The number of amidine groups is 1. The fourth-order valence-electron chi connectivity index (χ4n) is 2.63. The van der Waals surface area contributed by atoms with Gasteiger partial charge in [0.05, 0.1) is 10.6 Å². The van der Waals surface area contributed by atoms with Crippen molar-refractivity contribution < 1.29 is 24.5 Å². The number of carbonyl (C=O) groups is 2. The van der Waals surface area contributed by atoms with Crippen LogP contribution in [0, 0.1) is 0 Å². The normalized spacial score (nSPS) is 17.7. The van der Waals surface area contributed by atoms with Gasteiger partial charge in [-0.3, -0.25) is 9.69 Å². The molecule has 0 bridgehead atoms. The largest absolute Gasteiger partial charge is 0.508 e. The molecule has 8 heteroatoms. The van der Waals surface area contributed by atoms with E-state index in [1.807, 2.05) is 6.92 Å². The second-order valence-corrected chi connectivity index (χ2v) is 7.25. The Morgan fingerprint density at radius 3 is 2.72 bits per heavy atom. The van der Waals surface area contributed by atoms with Gasteiger partial charge in [0.2, 0.25) is 0 Å². The summed E-state index contributed by atoms with van der Waals surface area (Å²) < 4.78 is 5.38. The van der Waals surface area contributed by atoms with Crippen molar-refractivity contribution in [2.45, 2.75) is 20.0 Å². The van der Waals surface area contributed by atoms with Gasteiger partial charge in [0.25, 0.3) is 5.91 Å². The molecule has 1 atom stereocenters. The van der Waals surface area contributed by atoms with E-state index >= 15 is 0 Å². The van der Waals surface area contributed by atoms with Gasteiger partial charge in [0.1, 0.15) is 11.5 Å². The molecule has 0 spiro atoms. The maximum absolute atomic E-state index is 12.8. The number of hydrogen-bond donors (Lipinski definition) is 2. The molecule has 1 amide bonds. The third kappa shape index (κ3) is 4.97. The second kappa shape index (κ2) is 8.83. The SMILES string of the molecule is CCN1C(=O)/C(=C/c2cccc(OC(C)C(=O)O)c2)SC1=Nc1cccc(O)c1. The summed E-state index contributed by atoms with van der Waals surface area (Å²) in [6.45, 7) is 3.77. The van der Waals surface area contributed by atoms with Gasteiger partial charge in [-0.1, -0.05) is 18.2 Å². The molecular weight excluding hydrogens is 392 g/mol. The van der Waals surface area contributed by atoms with Crippen LogP contribution in [0.25, 0.3) is 6.08 Å². The minimum absolute atomic E-state index is 0.104. The fraction of sp³-hybridized carbons (Fsp3) is 0.190. The first kappa shape index (κ1) is 20.5. The Labute approximate surface area is 172 Å². The van der Waals surface area contributed by atoms with Crippen molar-refractivity contribution in [2.75, 3.05) is 6.54 Å². The number of nitrogens with zero attached hydrogens (tertiary/aromatic N) is 2. The first-order valence-corrected chi connectivity index (χ1v) is 9.77. The Bertz CT molecular complexity index is 1000. The monoisotopic (exact) mass is 412 g/mol. The molecule has 0 aromatic heterocycles. The van der Waals surface area contributed by atoms with Gasteiger partial charge in [-0.05, 0) is 61.5 Å². The maximum atomic E-state index is 12.8. The van der Waals surface area contributed by atoms with Crippen molar-refractivity contribution in [3.05, 3.63) is 59.0 Å². The molecule has 0 aliphatic carbocycles. The van der Waals surface area contributed by atoms with Gasteiger partial charge in [0.15, 0.2) is 11.3 Å². The van der Waals surface area contributed by atoms with E-state index in [1.165, 1.54) is 24.8 Å². The number of carboxylic acid groups (broad SMARTS) is 1. The number of phenols is 1. The molecule has 7 nitrogen and oxygen atoms in total. The minimum Gasteiger partial charge on any atom is -0.508 e.